The van der Waals surface area contributed by atoms with Crippen LogP contribution in [0.25, 0.3) is 0 Å². The largest absolute Gasteiger partial charge is 0.465 e. The van der Waals surface area contributed by atoms with Crippen molar-refractivity contribution in [2.24, 2.45) is 0 Å². The molecule has 0 fully saturated rings. The van der Waals surface area contributed by atoms with Gasteiger partial charge in [-0.15, -0.1) is 0 Å². The Balaban J connectivity index is 2.03. The number of amides is 1. The van der Waals surface area contributed by atoms with E-state index in [-0.39, 0.29) is 23.1 Å². The molecule has 0 aliphatic heterocycles. The minimum absolute atomic E-state index is 0.166. The third-order valence-electron chi connectivity index (χ3n) is 4.74. The first-order valence-electron chi connectivity index (χ1n) is 9.89. The molecule has 2 aromatic carbocycles. The molecule has 166 valence electrons. The molecule has 0 saturated heterocycles. The summed E-state index contributed by atoms with van der Waals surface area (Å²) in [4.78, 5) is 37.8. The number of halogens is 1. The third-order valence-corrected chi connectivity index (χ3v) is 5.02. The molecule has 2 rings (SSSR count). The number of nitrogens with two attached hydrogens (primary N) is 1. The van der Waals surface area contributed by atoms with Crippen LogP contribution in [0.15, 0.2) is 30.3 Å². The van der Waals surface area contributed by atoms with Gasteiger partial charge >= 0.3 is 11.9 Å². The highest BCUT2D eigenvalue weighted by Crippen LogP contribution is 2.32. The number of aryl methyl sites for hydroxylation is 2. The van der Waals surface area contributed by atoms with Crippen molar-refractivity contribution in [2.45, 2.75) is 32.6 Å². The number of benzene rings is 2. The van der Waals surface area contributed by atoms with Gasteiger partial charge in [0.15, 0.2) is 5.75 Å². The van der Waals surface area contributed by atoms with E-state index in [1.54, 1.807) is 32.3 Å². The van der Waals surface area contributed by atoms with E-state index in [1.807, 2.05) is 13.0 Å². The van der Waals surface area contributed by atoms with Gasteiger partial charge in [-0.25, -0.2) is 4.79 Å². The van der Waals surface area contributed by atoms with E-state index in [2.05, 4.69) is 0 Å². The zero-order valence-electron chi connectivity index (χ0n) is 18.2. The number of hydrogen-bond acceptors (Lipinski definition) is 6. The fourth-order valence-electron chi connectivity index (χ4n) is 3.05. The van der Waals surface area contributed by atoms with Crippen molar-refractivity contribution in [2.75, 3.05) is 26.9 Å². The number of nitrogens with zero attached hydrogens (tertiary/aromatic N) is 1. The Morgan fingerprint density at radius 3 is 2.45 bits per heavy atom. The van der Waals surface area contributed by atoms with Crippen LogP contribution >= 0.6 is 11.6 Å². The van der Waals surface area contributed by atoms with Crippen LogP contribution in [0.3, 0.4) is 0 Å². The average Bonchev–Trinajstić information content (AvgIpc) is 2.74. The molecule has 0 unspecified atom stereocenters. The van der Waals surface area contributed by atoms with E-state index < -0.39 is 11.9 Å². The number of ether oxygens (including phenoxy) is 2. The van der Waals surface area contributed by atoms with E-state index in [4.69, 9.17) is 26.8 Å². The van der Waals surface area contributed by atoms with Gasteiger partial charge in [0.2, 0.25) is 0 Å². The highest BCUT2D eigenvalue weighted by atomic mass is 35.5. The smallest absolute Gasteiger partial charge is 0.337 e. The topological polar surface area (TPSA) is 98.9 Å². The van der Waals surface area contributed by atoms with Gasteiger partial charge in [-0.2, -0.15) is 0 Å². The molecular weight excluding hydrogens is 420 g/mol. The first-order chi connectivity index (χ1) is 14.7. The Bertz CT molecular complexity index is 988. The highest BCUT2D eigenvalue weighted by molar-refractivity contribution is 6.32. The molecule has 7 nitrogen and oxygen atoms in total. The lowest BCUT2D eigenvalue weighted by Gasteiger charge is -2.14. The number of nitrogen functional groups attached to an aromatic ring is 1. The minimum Gasteiger partial charge on any atom is -0.465 e. The van der Waals surface area contributed by atoms with Crippen molar-refractivity contribution >= 4 is 35.1 Å². The SMILES string of the molecule is CCc1cc(C(=O)OC)cc(Cl)c1OC(=O)CCCc1ccc(N)c(C(=O)N(C)C)c1. The van der Waals surface area contributed by atoms with Crippen LogP contribution in [0.2, 0.25) is 5.02 Å². The summed E-state index contributed by atoms with van der Waals surface area (Å²) in [7, 11) is 4.62. The van der Waals surface area contributed by atoms with Gasteiger partial charge in [-0.1, -0.05) is 24.6 Å². The van der Waals surface area contributed by atoms with Gasteiger partial charge in [0.1, 0.15) is 0 Å². The second kappa shape index (κ2) is 10.8. The Morgan fingerprint density at radius 2 is 1.84 bits per heavy atom. The maximum atomic E-state index is 12.4. The molecule has 0 radical (unpaired) electrons. The van der Waals surface area contributed by atoms with Crippen LogP contribution in [-0.2, 0) is 22.4 Å². The van der Waals surface area contributed by atoms with Crippen molar-refractivity contribution < 1.29 is 23.9 Å². The van der Waals surface area contributed by atoms with Crippen molar-refractivity contribution in [3.63, 3.8) is 0 Å². The molecule has 0 bridgehead atoms. The fraction of sp³-hybridized carbons (Fsp3) is 0.348. The van der Waals surface area contributed by atoms with Gasteiger partial charge in [0.05, 0.1) is 23.3 Å². The summed E-state index contributed by atoms with van der Waals surface area (Å²) in [6.07, 6.45) is 1.80. The summed E-state index contributed by atoms with van der Waals surface area (Å²) in [6, 6.07) is 8.32. The summed E-state index contributed by atoms with van der Waals surface area (Å²) >= 11 is 6.24. The van der Waals surface area contributed by atoms with E-state index in [9.17, 15) is 14.4 Å². The number of carbonyl (C=O) groups is 3. The van der Waals surface area contributed by atoms with Crippen LogP contribution in [0.1, 0.15) is 51.6 Å². The fourth-order valence-corrected chi connectivity index (χ4v) is 3.33. The Morgan fingerprint density at radius 1 is 1.13 bits per heavy atom. The molecule has 0 aliphatic carbocycles. The minimum atomic E-state index is -0.509. The standard InChI is InChI=1S/C23H27ClN2O5/c1-5-15-12-16(23(29)30-4)13-18(24)21(15)31-20(27)8-6-7-14-9-10-19(25)17(11-14)22(28)26(2)3/h9-13H,5-8,25H2,1-4H3. The van der Waals surface area contributed by atoms with Crippen LogP contribution < -0.4 is 10.5 Å². The van der Waals surface area contributed by atoms with Crippen molar-refractivity contribution in [1.82, 2.24) is 4.90 Å². The zero-order valence-corrected chi connectivity index (χ0v) is 18.9. The maximum absolute atomic E-state index is 12.4. The van der Waals surface area contributed by atoms with Crippen molar-refractivity contribution in [3.8, 4) is 5.75 Å². The zero-order chi connectivity index (χ0) is 23.1. The lowest BCUT2D eigenvalue weighted by Crippen LogP contribution is -2.23. The molecule has 8 heteroatoms. The van der Waals surface area contributed by atoms with Gasteiger partial charge in [-0.05, 0) is 54.7 Å². The number of methoxy groups -OCH3 is 1. The van der Waals surface area contributed by atoms with Crippen LogP contribution in [0.5, 0.6) is 5.75 Å². The van der Waals surface area contributed by atoms with Crippen molar-refractivity contribution in [3.05, 3.63) is 57.6 Å². The van der Waals surface area contributed by atoms with E-state index in [0.29, 0.717) is 41.6 Å². The summed E-state index contributed by atoms with van der Waals surface area (Å²) in [5.41, 5.74) is 8.61. The predicted octanol–water partition coefficient (Wildman–Crippen LogP) is 3.90. The van der Waals surface area contributed by atoms with Gasteiger partial charge < -0.3 is 20.1 Å². The van der Waals surface area contributed by atoms with Gasteiger partial charge in [0, 0.05) is 26.2 Å². The van der Waals surface area contributed by atoms with Crippen LogP contribution in [-0.4, -0.2) is 44.0 Å². The van der Waals surface area contributed by atoms with E-state index >= 15 is 0 Å². The van der Waals surface area contributed by atoms with Gasteiger partial charge in [-0.3, -0.25) is 9.59 Å². The Labute approximate surface area is 187 Å². The average molecular weight is 447 g/mol. The lowest BCUT2D eigenvalue weighted by molar-refractivity contribution is -0.134. The summed E-state index contributed by atoms with van der Waals surface area (Å²) in [6.45, 7) is 1.87. The summed E-state index contributed by atoms with van der Waals surface area (Å²) in [5.74, 6) is -0.850. The molecule has 0 saturated carbocycles. The highest BCUT2D eigenvalue weighted by Gasteiger charge is 2.18. The molecular formula is C23H27ClN2O5. The molecule has 0 aliphatic rings. The molecule has 0 spiro atoms. The second-order valence-electron chi connectivity index (χ2n) is 7.24. The number of rotatable bonds is 8. The second-order valence-corrected chi connectivity index (χ2v) is 7.65. The summed E-state index contributed by atoms with van der Waals surface area (Å²) in [5, 5.41) is 0.179. The molecule has 2 N–H and O–H groups in total. The molecule has 1 amide bonds. The monoisotopic (exact) mass is 446 g/mol. The summed E-state index contributed by atoms with van der Waals surface area (Å²) < 4.78 is 10.2. The van der Waals surface area contributed by atoms with E-state index in [1.165, 1.54) is 18.1 Å². The predicted molar refractivity (Wildman–Crippen MR) is 120 cm³/mol. The lowest BCUT2D eigenvalue weighted by atomic mass is 10.0. The number of esters is 2. The molecule has 0 aromatic heterocycles. The molecule has 2 aromatic rings. The Hall–Kier alpha value is -3.06. The number of anilines is 1. The quantitative estimate of drug-likeness (QED) is 0.375. The van der Waals surface area contributed by atoms with Crippen molar-refractivity contribution in [1.29, 1.82) is 0 Å². The third kappa shape index (κ3) is 6.21. The number of carbonyl (C=O) groups excluding carboxylic acids is 3. The molecule has 0 heterocycles. The normalized spacial score (nSPS) is 10.5. The van der Waals surface area contributed by atoms with Crippen LogP contribution in [0.4, 0.5) is 5.69 Å². The van der Waals surface area contributed by atoms with E-state index in [0.717, 1.165) is 5.56 Å². The number of hydrogen-bond donors (Lipinski definition) is 1. The van der Waals surface area contributed by atoms with Crippen LogP contribution in [0, 0.1) is 0 Å². The Kier molecular flexibility index (Phi) is 8.45. The maximum Gasteiger partial charge on any atom is 0.337 e. The molecule has 31 heavy (non-hydrogen) atoms. The first kappa shape index (κ1) is 24.2. The van der Waals surface area contributed by atoms with Gasteiger partial charge in [0.25, 0.3) is 5.91 Å². The first-order valence-corrected chi connectivity index (χ1v) is 10.3. The molecule has 0 atom stereocenters.